The van der Waals surface area contributed by atoms with Crippen molar-refractivity contribution < 1.29 is 14.3 Å². The summed E-state index contributed by atoms with van der Waals surface area (Å²) in [6.07, 6.45) is -0.160. The maximum atomic E-state index is 11.9. The number of carbonyl (C=O) groups is 2. The normalized spacial score (nSPS) is 13.0. The van der Waals surface area contributed by atoms with Crippen LogP contribution in [0.1, 0.15) is 32.4 Å². The van der Waals surface area contributed by atoms with Gasteiger partial charge in [0.15, 0.2) is 0 Å². The Labute approximate surface area is 131 Å². The second-order valence-electron chi connectivity index (χ2n) is 5.02. The minimum atomic E-state index is -0.732. The lowest BCUT2D eigenvalue weighted by molar-refractivity contribution is -0.151. The number of rotatable bonds is 6. The van der Waals surface area contributed by atoms with Crippen molar-refractivity contribution in [3.63, 3.8) is 0 Å². The van der Waals surface area contributed by atoms with Crippen LogP contribution in [0, 0.1) is 5.92 Å². The average Bonchev–Trinajstić information content (AvgIpc) is 2.43. The Bertz CT molecular complexity index is 451. The lowest BCUT2D eigenvalue weighted by Gasteiger charge is -2.16. The van der Waals surface area contributed by atoms with E-state index in [1.165, 1.54) is 0 Å². The molecule has 21 heavy (non-hydrogen) atoms. The van der Waals surface area contributed by atoms with Gasteiger partial charge in [0.05, 0.1) is 12.0 Å². The van der Waals surface area contributed by atoms with Crippen molar-refractivity contribution in [2.24, 2.45) is 11.7 Å². The molecule has 1 aromatic carbocycles. The van der Waals surface area contributed by atoms with Crippen molar-refractivity contribution in [2.45, 2.75) is 32.9 Å². The van der Waals surface area contributed by atoms with Crippen LogP contribution in [0.5, 0.6) is 0 Å². The molecular weight excluding hydrogens is 292 g/mol. The zero-order chi connectivity index (χ0) is 15.1. The first kappa shape index (κ1) is 19.4. The van der Waals surface area contributed by atoms with Gasteiger partial charge in [0.1, 0.15) is 6.04 Å². The number of halogens is 1. The maximum absolute atomic E-state index is 11.9. The molecule has 1 amide bonds. The number of amides is 1. The number of nitrogens with two attached hydrogens (primary N) is 1. The van der Waals surface area contributed by atoms with Gasteiger partial charge in [-0.15, -0.1) is 12.4 Å². The molecule has 5 nitrogen and oxygen atoms in total. The number of carbonyl (C=O) groups excluding carboxylic acids is 2. The van der Waals surface area contributed by atoms with Crippen LogP contribution in [0.2, 0.25) is 0 Å². The van der Waals surface area contributed by atoms with E-state index in [-0.39, 0.29) is 36.9 Å². The van der Waals surface area contributed by atoms with Crippen LogP contribution in [0.25, 0.3) is 0 Å². The van der Waals surface area contributed by atoms with Gasteiger partial charge in [-0.3, -0.25) is 9.59 Å². The molecule has 0 heterocycles. The fourth-order valence-corrected chi connectivity index (χ4v) is 1.61. The van der Waals surface area contributed by atoms with Crippen LogP contribution in [0.15, 0.2) is 30.3 Å². The molecule has 3 N–H and O–H groups in total. The monoisotopic (exact) mass is 314 g/mol. The molecule has 2 atom stereocenters. The minimum absolute atomic E-state index is 0. The minimum Gasteiger partial charge on any atom is -0.463 e. The first-order valence-electron chi connectivity index (χ1n) is 6.70. The first-order chi connectivity index (χ1) is 9.41. The van der Waals surface area contributed by atoms with Crippen LogP contribution < -0.4 is 11.1 Å². The molecule has 0 aliphatic rings. The lowest BCUT2D eigenvalue weighted by Crippen LogP contribution is -2.38. The van der Waals surface area contributed by atoms with E-state index in [4.69, 9.17) is 10.5 Å². The van der Waals surface area contributed by atoms with E-state index in [1.807, 2.05) is 18.2 Å². The van der Waals surface area contributed by atoms with Gasteiger partial charge in [-0.05, 0) is 19.4 Å². The van der Waals surface area contributed by atoms with E-state index in [0.29, 0.717) is 0 Å². The standard InChI is InChI=1S/C15H22N2O3.ClH/c1-10(2)20-15(19)11(3)9-17-14(18)13(16)12-7-5-4-6-8-12;/h4-8,10-11,13H,9,16H2,1-3H3,(H,17,18);1H. The molecule has 0 aliphatic heterocycles. The van der Waals surface area contributed by atoms with Crippen molar-refractivity contribution >= 4 is 24.3 Å². The number of hydrogen-bond acceptors (Lipinski definition) is 4. The summed E-state index contributed by atoms with van der Waals surface area (Å²) in [5, 5.41) is 2.67. The molecule has 1 rings (SSSR count). The molecule has 0 spiro atoms. The molecule has 0 radical (unpaired) electrons. The Kier molecular flexibility index (Phi) is 8.66. The van der Waals surface area contributed by atoms with Crippen LogP contribution in [0.3, 0.4) is 0 Å². The fourth-order valence-electron chi connectivity index (χ4n) is 1.61. The molecule has 0 saturated carbocycles. The van der Waals surface area contributed by atoms with Gasteiger partial charge in [0.25, 0.3) is 0 Å². The Morgan fingerprint density at radius 3 is 2.29 bits per heavy atom. The zero-order valence-electron chi connectivity index (χ0n) is 12.5. The van der Waals surface area contributed by atoms with Crippen molar-refractivity contribution in [1.82, 2.24) is 5.32 Å². The predicted molar refractivity (Wildman–Crippen MR) is 84.0 cm³/mol. The molecule has 1 aromatic rings. The summed E-state index contributed by atoms with van der Waals surface area (Å²) in [5.41, 5.74) is 6.59. The Balaban J connectivity index is 0.00000400. The summed E-state index contributed by atoms with van der Waals surface area (Å²) in [4.78, 5) is 23.5. The Morgan fingerprint density at radius 1 is 1.19 bits per heavy atom. The van der Waals surface area contributed by atoms with E-state index in [1.54, 1.807) is 32.9 Å². The quantitative estimate of drug-likeness (QED) is 0.785. The fraction of sp³-hybridized carbons (Fsp3) is 0.467. The van der Waals surface area contributed by atoms with Gasteiger partial charge in [-0.25, -0.2) is 0 Å². The number of ether oxygens (including phenoxy) is 1. The molecule has 6 heteroatoms. The van der Waals surface area contributed by atoms with Crippen molar-refractivity contribution in [3.8, 4) is 0 Å². The van der Waals surface area contributed by atoms with Crippen LogP contribution in [0.4, 0.5) is 0 Å². The van der Waals surface area contributed by atoms with Crippen molar-refractivity contribution in [3.05, 3.63) is 35.9 Å². The van der Waals surface area contributed by atoms with Gasteiger partial charge < -0.3 is 15.8 Å². The average molecular weight is 315 g/mol. The highest BCUT2D eigenvalue weighted by molar-refractivity contribution is 5.85. The number of nitrogens with one attached hydrogen (secondary N) is 1. The van der Waals surface area contributed by atoms with E-state index in [9.17, 15) is 9.59 Å². The molecule has 118 valence electrons. The summed E-state index contributed by atoms with van der Waals surface area (Å²) in [6.45, 7) is 5.49. The summed E-state index contributed by atoms with van der Waals surface area (Å²) in [7, 11) is 0. The number of esters is 1. The van der Waals surface area contributed by atoms with Crippen LogP contribution >= 0.6 is 12.4 Å². The summed E-state index contributed by atoms with van der Waals surface area (Å²) < 4.78 is 5.07. The maximum Gasteiger partial charge on any atom is 0.310 e. The zero-order valence-corrected chi connectivity index (χ0v) is 13.4. The molecule has 2 unspecified atom stereocenters. The molecule has 0 bridgehead atoms. The van der Waals surface area contributed by atoms with Gasteiger partial charge in [-0.1, -0.05) is 37.3 Å². The van der Waals surface area contributed by atoms with Crippen molar-refractivity contribution in [2.75, 3.05) is 6.54 Å². The third kappa shape index (κ3) is 6.60. The number of hydrogen-bond donors (Lipinski definition) is 2. The molecule has 0 saturated heterocycles. The first-order valence-corrected chi connectivity index (χ1v) is 6.70. The molecule has 0 fully saturated rings. The summed E-state index contributed by atoms with van der Waals surface area (Å²) in [6, 6.07) is 8.36. The molecule has 0 aromatic heterocycles. The van der Waals surface area contributed by atoms with Crippen LogP contribution in [-0.4, -0.2) is 24.5 Å². The summed E-state index contributed by atoms with van der Waals surface area (Å²) >= 11 is 0. The van der Waals surface area contributed by atoms with Gasteiger partial charge >= 0.3 is 5.97 Å². The van der Waals surface area contributed by atoms with Crippen molar-refractivity contribution in [1.29, 1.82) is 0 Å². The Morgan fingerprint density at radius 2 is 1.76 bits per heavy atom. The summed E-state index contributed by atoms with van der Waals surface area (Å²) in [5.74, 6) is -1.03. The predicted octanol–water partition coefficient (Wildman–Crippen LogP) is 1.81. The SMILES string of the molecule is CC(C)OC(=O)C(C)CNC(=O)C(N)c1ccccc1.Cl. The highest BCUT2D eigenvalue weighted by Crippen LogP contribution is 2.09. The molecule has 0 aliphatic carbocycles. The second-order valence-corrected chi connectivity index (χ2v) is 5.02. The van der Waals surface area contributed by atoms with Crippen LogP contribution in [-0.2, 0) is 14.3 Å². The largest absolute Gasteiger partial charge is 0.463 e. The van der Waals surface area contributed by atoms with Gasteiger partial charge in [0.2, 0.25) is 5.91 Å². The smallest absolute Gasteiger partial charge is 0.310 e. The van der Waals surface area contributed by atoms with E-state index in [2.05, 4.69) is 5.32 Å². The van der Waals surface area contributed by atoms with Gasteiger partial charge in [-0.2, -0.15) is 0 Å². The van der Waals surface area contributed by atoms with E-state index >= 15 is 0 Å². The third-order valence-corrected chi connectivity index (χ3v) is 2.78. The van der Waals surface area contributed by atoms with Gasteiger partial charge in [0, 0.05) is 6.54 Å². The lowest BCUT2D eigenvalue weighted by atomic mass is 10.1. The third-order valence-electron chi connectivity index (χ3n) is 2.78. The molecular formula is C15H23ClN2O3. The topological polar surface area (TPSA) is 81.4 Å². The second kappa shape index (κ2) is 9.37. The Hall–Kier alpha value is -1.59. The highest BCUT2D eigenvalue weighted by Gasteiger charge is 2.19. The van der Waals surface area contributed by atoms with E-state index < -0.39 is 12.0 Å². The number of benzene rings is 1. The van der Waals surface area contributed by atoms with E-state index in [0.717, 1.165) is 5.56 Å². The highest BCUT2D eigenvalue weighted by atomic mass is 35.5.